The molecule has 0 aliphatic carbocycles. The molecule has 0 unspecified atom stereocenters. The molecule has 0 spiro atoms. The highest BCUT2D eigenvalue weighted by Gasteiger charge is 2.10. The Labute approximate surface area is 167 Å². The summed E-state index contributed by atoms with van der Waals surface area (Å²) in [6.45, 7) is 2.70. The van der Waals surface area contributed by atoms with Gasteiger partial charge in [0.05, 0.1) is 11.1 Å². The van der Waals surface area contributed by atoms with Gasteiger partial charge in [-0.25, -0.2) is 0 Å². The Bertz CT molecular complexity index is 896. The standard InChI is InChI=1S/C22H21BrN2O2/c1-2-14-27-21-13-8-16(15-20(21)23)22(26)25-19-11-9-18(10-12-19)24-17-6-4-3-5-7-17/h3-13,15,24H,2,14H2,1H3,(H,25,26). The largest absolute Gasteiger partial charge is 0.492 e. The lowest BCUT2D eigenvalue weighted by Gasteiger charge is -2.10. The van der Waals surface area contributed by atoms with Gasteiger partial charge in [0.15, 0.2) is 0 Å². The number of hydrogen-bond donors (Lipinski definition) is 2. The van der Waals surface area contributed by atoms with Crippen molar-refractivity contribution in [3.05, 3.63) is 82.8 Å². The summed E-state index contributed by atoms with van der Waals surface area (Å²) < 4.78 is 6.38. The van der Waals surface area contributed by atoms with E-state index in [4.69, 9.17) is 4.74 Å². The summed E-state index contributed by atoms with van der Waals surface area (Å²) >= 11 is 3.46. The number of halogens is 1. The summed E-state index contributed by atoms with van der Waals surface area (Å²) in [7, 11) is 0. The van der Waals surface area contributed by atoms with E-state index < -0.39 is 0 Å². The highest BCUT2D eigenvalue weighted by Crippen LogP contribution is 2.27. The highest BCUT2D eigenvalue weighted by molar-refractivity contribution is 9.10. The molecule has 0 saturated carbocycles. The van der Waals surface area contributed by atoms with Crippen LogP contribution in [0.4, 0.5) is 17.1 Å². The first-order valence-electron chi connectivity index (χ1n) is 8.81. The van der Waals surface area contributed by atoms with E-state index in [1.807, 2.05) is 60.7 Å². The lowest BCUT2D eigenvalue weighted by molar-refractivity contribution is 0.102. The van der Waals surface area contributed by atoms with Crippen molar-refractivity contribution in [1.29, 1.82) is 0 Å². The number of anilines is 3. The third-order valence-corrected chi connectivity index (χ3v) is 4.48. The monoisotopic (exact) mass is 424 g/mol. The van der Waals surface area contributed by atoms with E-state index in [1.165, 1.54) is 0 Å². The molecule has 0 aliphatic heterocycles. The third kappa shape index (κ3) is 5.34. The van der Waals surface area contributed by atoms with Crippen molar-refractivity contribution < 1.29 is 9.53 Å². The minimum absolute atomic E-state index is 0.165. The summed E-state index contributed by atoms with van der Waals surface area (Å²) in [6, 6.07) is 22.9. The van der Waals surface area contributed by atoms with Crippen LogP contribution in [0.15, 0.2) is 77.3 Å². The van der Waals surface area contributed by atoms with Gasteiger partial charge in [-0.2, -0.15) is 0 Å². The average Bonchev–Trinajstić information content (AvgIpc) is 2.69. The van der Waals surface area contributed by atoms with Crippen LogP contribution in [0.5, 0.6) is 5.75 Å². The molecular formula is C22H21BrN2O2. The van der Waals surface area contributed by atoms with Crippen LogP contribution in [0, 0.1) is 0 Å². The molecule has 4 nitrogen and oxygen atoms in total. The van der Waals surface area contributed by atoms with Gasteiger partial charge in [-0.3, -0.25) is 4.79 Å². The van der Waals surface area contributed by atoms with Crippen LogP contribution in [0.3, 0.4) is 0 Å². The molecular weight excluding hydrogens is 404 g/mol. The van der Waals surface area contributed by atoms with Gasteiger partial charge in [-0.15, -0.1) is 0 Å². The molecule has 0 radical (unpaired) electrons. The molecule has 27 heavy (non-hydrogen) atoms. The van der Waals surface area contributed by atoms with Crippen molar-refractivity contribution in [3.63, 3.8) is 0 Å². The second-order valence-corrected chi connectivity index (χ2v) is 6.87. The molecule has 0 atom stereocenters. The molecule has 3 aromatic carbocycles. The van der Waals surface area contributed by atoms with Crippen LogP contribution in [-0.2, 0) is 0 Å². The van der Waals surface area contributed by atoms with E-state index in [-0.39, 0.29) is 5.91 Å². The van der Waals surface area contributed by atoms with E-state index in [0.717, 1.165) is 33.7 Å². The lowest BCUT2D eigenvalue weighted by atomic mass is 10.2. The molecule has 0 heterocycles. The molecule has 3 aromatic rings. The first kappa shape index (κ1) is 19.0. The van der Waals surface area contributed by atoms with Gasteiger partial charge in [0.25, 0.3) is 5.91 Å². The number of nitrogens with one attached hydrogen (secondary N) is 2. The molecule has 5 heteroatoms. The van der Waals surface area contributed by atoms with Crippen LogP contribution >= 0.6 is 15.9 Å². The maximum absolute atomic E-state index is 12.5. The van der Waals surface area contributed by atoms with Gasteiger partial charge in [0.1, 0.15) is 5.75 Å². The smallest absolute Gasteiger partial charge is 0.255 e. The molecule has 0 aromatic heterocycles. The molecule has 2 N–H and O–H groups in total. The molecule has 0 saturated heterocycles. The number of hydrogen-bond acceptors (Lipinski definition) is 3. The van der Waals surface area contributed by atoms with E-state index in [9.17, 15) is 4.79 Å². The van der Waals surface area contributed by atoms with Gasteiger partial charge in [0.2, 0.25) is 0 Å². The topological polar surface area (TPSA) is 50.4 Å². The number of carbonyl (C=O) groups excluding carboxylic acids is 1. The first-order chi connectivity index (χ1) is 13.2. The third-order valence-electron chi connectivity index (χ3n) is 3.86. The van der Waals surface area contributed by atoms with Crippen molar-refractivity contribution >= 4 is 38.9 Å². The Hall–Kier alpha value is -2.79. The Morgan fingerprint density at radius 1 is 0.926 bits per heavy atom. The van der Waals surface area contributed by atoms with Crippen molar-refractivity contribution in [2.75, 3.05) is 17.2 Å². The van der Waals surface area contributed by atoms with Crippen molar-refractivity contribution in [2.45, 2.75) is 13.3 Å². The molecule has 0 aliphatic rings. The predicted molar refractivity (Wildman–Crippen MR) is 114 cm³/mol. The molecule has 0 fully saturated rings. The second-order valence-electron chi connectivity index (χ2n) is 6.02. The summed E-state index contributed by atoms with van der Waals surface area (Å²) in [6.07, 6.45) is 0.934. The van der Waals surface area contributed by atoms with Crippen molar-refractivity contribution in [3.8, 4) is 5.75 Å². The summed E-state index contributed by atoms with van der Waals surface area (Å²) in [4.78, 5) is 12.5. The Morgan fingerprint density at radius 3 is 2.26 bits per heavy atom. The van der Waals surface area contributed by atoms with Crippen molar-refractivity contribution in [2.24, 2.45) is 0 Å². The Morgan fingerprint density at radius 2 is 1.59 bits per heavy atom. The van der Waals surface area contributed by atoms with Crippen LogP contribution in [0.25, 0.3) is 0 Å². The lowest BCUT2D eigenvalue weighted by Crippen LogP contribution is -2.12. The van der Waals surface area contributed by atoms with Gasteiger partial charge >= 0.3 is 0 Å². The minimum Gasteiger partial charge on any atom is -0.492 e. The minimum atomic E-state index is -0.165. The van der Waals surface area contributed by atoms with E-state index in [1.54, 1.807) is 12.1 Å². The van der Waals surface area contributed by atoms with Gasteiger partial charge in [-0.05, 0) is 76.9 Å². The zero-order valence-corrected chi connectivity index (χ0v) is 16.6. The maximum Gasteiger partial charge on any atom is 0.255 e. The fraction of sp³-hybridized carbons (Fsp3) is 0.136. The molecule has 1 amide bonds. The fourth-order valence-electron chi connectivity index (χ4n) is 2.50. The normalized spacial score (nSPS) is 10.3. The molecule has 3 rings (SSSR count). The average molecular weight is 425 g/mol. The fourth-order valence-corrected chi connectivity index (χ4v) is 2.99. The zero-order valence-electron chi connectivity index (χ0n) is 15.0. The summed E-state index contributed by atoms with van der Waals surface area (Å²) in [5, 5.41) is 6.22. The summed E-state index contributed by atoms with van der Waals surface area (Å²) in [5.74, 6) is 0.575. The maximum atomic E-state index is 12.5. The number of ether oxygens (including phenoxy) is 1. The van der Waals surface area contributed by atoms with Gasteiger partial charge < -0.3 is 15.4 Å². The number of benzene rings is 3. The first-order valence-corrected chi connectivity index (χ1v) is 9.61. The molecule has 138 valence electrons. The number of carbonyl (C=O) groups is 1. The Kier molecular flexibility index (Phi) is 6.49. The van der Waals surface area contributed by atoms with Crippen LogP contribution in [-0.4, -0.2) is 12.5 Å². The van der Waals surface area contributed by atoms with E-state index in [2.05, 4.69) is 33.5 Å². The zero-order chi connectivity index (χ0) is 19.1. The Balaban J connectivity index is 1.63. The van der Waals surface area contributed by atoms with E-state index in [0.29, 0.717) is 12.2 Å². The second kappa shape index (κ2) is 9.24. The quantitative estimate of drug-likeness (QED) is 0.472. The van der Waals surface area contributed by atoms with Gasteiger partial charge in [0, 0.05) is 22.6 Å². The van der Waals surface area contributed by atoms with Crippen molar-refractivity contribution in [1.82, 2.24) is 0 Å². The van der Waals surface area contributed by atoms with Gasteiger partial charge in [-0.1, -0.05) is 25.1 Å². The van der Waals surface area contributed by atoms with Crippen LogP contribution in [0.1, 0.15) is 23.7 Å². The summed E-state index contributed by atoms with van der Waals surface area (Å²) in [5.41, 5.74) is 3.28. The molecule has 0 bridgehead atoms. The number of rotatable bonds is 7. The SMILES string of the molecule is CCCOc1ccc(C(=O)Nc2ccc(Nc3ccccc3)cc2)cc1Br. The van der Waals surface area contributed by atoms with E-state index >= 15 is 0 Å². The number of para-hydroxylation sites is 1. The van der Waals surface area contributed by atoms with Crippen LogP contribution < -0.4 is 15.4 Å². The number of amides is 1. The predicted octanol–water partition coefficient (Wildman–Crippen LogP) is 6.23. The van der Waals surface area contributed by atoms with Crippen LogP contribution in [0.2, 0.25) is 0 Å². The highest BCUT2D eigenvalue weighted by atomic mass is 79.9.